The fourth-order valence-electron chi connectivity index (χ4n) is 2.31. The van der Waals surface area contributed by atoms with Crippen molar-refractivity contribution in [1.82, 2.24) is 15.0 Å². The quantitative estimate of drug-likeness (QED) is 0.856. The van der Waals surface area contributed by atoms with Gasteiger partial charge >= 0.3 is 0 Å². The fraction of sp³-hybridized carbons (Fsp3) is 0.429. The minimum Gasteiger partial charge on any atom is -0.399 e. The second-order valence-electron chi connectivity index (χ2n) is 5.10. The molecule has 3 rings (SSSR count). The van der Waals surface area contributed by atoms with E-state index in [1.807, 2.05) is 36.9 Å². The lowest BCUT2D eigenvalue weighted by atomic mass is 10.1. The van der Waals surface area contributed by atoms with Crippen LogP contribution >= 0.6 is 11.8 Å². The molecule has 1 aromatic heterocycles. The number of nitrogen functional groups attached to an aromatic ring is 1. The Morgan fingerprint density at radius 3 is 3.10 bits per heavy atom. The maximum atomic E-state index is 5.84. The van der Waals surface area contributed by atoms with E-state index in [1.54, 1.807) is 0 Å². The molecule has 0 radical (unpaired) electrons. The molecule has 2 heterocycles. The summed E-state index contributed by atoms with van der Waals surface area (Å²) in [6.07, 6.45) is 0. The maximum Gasteiger partial charge on any atom is 0.258 e. The summed E-state index contributed by atoms with van der Waals surface area (Å²) in [5, 5.41) is 4.16. The highest BCUT2D eigenvalue weighted by Crippen LogP contribution is 2.29. The van der Waals surface area contributed by atoms with Gasteiger partial charge in [0.2, 0.25) is 0 Å². The average molecular weight is 290 g/mol. The third kappa shape index (κ3) is 2.53. The van der Waals surface area contributed by atoms with Crippen molar-refractivity contribution < 1.29 is 4.52 Å². The van der Waals surface area contributed by atoms with Gasteiger partial charge in [-0.25, -0.2) is 0 Å². The summed E-state index contributed by atoms with van der Waals surface area (Å²) in [6, 6.07) is 5.96. The molecule has 1 aliphatic heterocycles. The van der Waals surface area contributed by atoms with Crippen LogP contribution in [0.25, 0.3) is 11.5 Å². The molecule has 1 aliphatic rings. The summed E-state index contributed by atoms with van der Waals surface area (Å²) in [6.45, 7) is 3.07. The zero-order valence-corrected chi connectivity index (χ0v) is 12.5. The number of anilines is 1. The van der Waals surface area contributed by atoms with E-state index >= 15 is 0 Å². The normalized spacial score (nSPS) is 20.2. The van der Waals surface area contributed by atoms with Crippen molar-refractivity contribution in [3.05, 3.63) is 29.6 Å². The van der Waals surface area contributed by atoms with E-state index in [0.717, 1.165) is 35.0 Å². The highest BCUT2D eigenvalue weighted by molar-refractivity contribution is 7.99. The predicted octanol–water partition coefficient (Wildman–Crippen LogP) is 2.35. The summed E-state index contributed by atoms with van der Waals surface area (Å²) in [7, 11) is 2.10. The molecule has 0 saturated carbocycles. The van der Waals surface area contributed by atoms with Gasteiger partial charge in [0.15, 0.2) is 5.82 Å². The van der Waals surface area contributed by atoms with Gasteiger partial charge < -0.3 is 10.3 Å². The Hall–Kier alpha value is -1.53. The number of hydrogen-bond acceptors (Lipinski definition) is 6. The average Bonchev–Trinajstić information content (AvgIpc) is 2.91. The van der Waals surface area contributed by atoms with Crippen molar-refractivity contribution in [2.24, 2.45) is 0 Å². The summed E-state index contributed by atoms with van der Waals surface area (Å²) in [5.74, 6) is 3.47. The SMILES string of the molecule is Cc1ccc(N)cc1-c1nc(C2CSCCN2C)no1. The van der Waals surface area contributed by atoms with Gasteiger partial charge in [0.1, 0.15) is 0 Å². The first-order valence-corrected chi connectivity index (χ1v) is 7.78. The molecule has 5 nitrogen and oxygen atoms in total. The van der Waals surface area contributed by atoms with Gasteiger partial charge in [-0.1, -0.05) is 11.2 Å². The molecule has 6 heteroatoms. The molecule has 1 saturated heterocycles. The molecule has 0 aliphatic carbocycles. The highest BCUT2D eigenvalue weighted by atomic mass is 32.2. The van der Waals surface area contributed by atoms with E-state index in [9.17, 15) is 0 Å². The molecule has 1 atom stereocenters. The van der Waals surface area contributed by atoms with Crippen molar-refractivity contribution in [3.63, 3.8) is 0 Å². The first kappa shape index (κ1) is 13.5. The number of hydrogen-bond donors (Lipinski definition) is 1. The Kier molecular flexibility index (Phi) is 3.67. The molecule has 1 aromatic carbocycles. The van der Waals surface area contributed by atoms with Gasteiger partial charge in [-0.05, 0) is 31.7 Å². The molecule has 1 fully saturated rings. The van der Waals surface area contributed by atoms with Crippen LogP contribution in [0.15, 0.2) is 22.7 Å². The second kappa shape index (κ2) is 5.46. The first-order chi connectivity index (χ1) is 9.65. The Morgan fingerprint density at radius 2 is 2.30 bits per heavy atom. The van der Waals surface area contributed by atoms with Crippen molar-refractivity contribution in [2.75, 3.05) is 30.8 Å². The van der Waals surface area contributed by atoms with Gasteiger partial charge in [-0.3, -0.25) is 4.90 Å². The third-order valence-electron chi connectivity index (χ3n) is 3.63. The van der Waals surface area contributed by atoms with Gasteiger partial charge in [-0.2, -0.15) is 16.7 Å². The molecule has 2 N–H and O–H groups in total. The third-order valence-corrected chi connectivity index (χ3v) is 4.65. The van der Waals surface area contributed by atoms with Crippen molar-refractivity contribution in [2.45, 2.75) is 13.0 Å². The van der Waals surface area contributed by atoms with Crippen LogP contribution in [0, 0.1) is 6.92 Å². The number of nitrogens with zero attached hydrogens (tertiary/aromatic N) is 3. The Labute approximate surface area is 122 Å². The lowest BCUT2D eigenvalue weighted by molar-refractivity contribution is 0.257. The van der Waals surface area contributed by atoms with Gasteiger partial charge in [0, 0.05) is 29.3 Å². The Balaban J connectivity index is 1.91. The number of thioether (sulfide) groups is 1. The minimum absolute atomic E-state index is 0.229. The van der Waals surface area contributed by atoms with E-state index in [4.69, 9.17) is 10.3 Å². The maximum absolute atomic E-state index is 5.84. The van der Waals surface area contributed by atoms with Crippen LogP contribution in [0.4, 0.5) is 5.69 Å². The molecular weight excluding hydrogens is 272 g/mol. The monoisotopic (exact) mass is 290 g/mol. The van der Waals surface area contributed by atoms with E-state index in [1.165, 1.54) is 0 Å². The van der Waals surface area contributed by atoms with Crippen LogP contribution in [0.5, 0.6) is 0 Å². The molecule has 1 unspecified atom stereocenters. The van der Waals surface area contributed by atoms with Gasteiger partial charge in [0.05, 0.1) is 6.04 Å². The van der Waals surface area contributed by atoms with E-state index in [-0.39, 0.29) is 6.04 Å². The van der Waals surface area contributed by atoms with E-state index in [2.05, 4.69) is 22.1 Å². The Morgan fingerprint density at radius 1 is 1.45 bits per heavy atom. The van der Waals surface area contributed by atoms with Crippen molar-refractivity contribution >= 4 is 17.4 Å². The van der Waals surface area contributed by atoms with Crippen LogP contribution in [-0.4, -0.2) is 40.1 Å². The van der Waals surface area contributed by atoms with Crippen LogP contribution in [0.2, 0.25) is 0 Å². The standard InChI is InChI=1S/C14H18N4OS/c1-9-3-4-10(15)7-11(9)14-16-13(17-19-14)12-8-20-6-5-18(12)2/h3-4,7,12H,5-6,8,15H2,1-2H3. The number of aryl methyl sites for hydroxylation is 1. The van der Waals surface area contributed by atoms with Crippen LogP contribution in [-0.2, 0) is 0 Å². The first-order valence-electron chi connectivity index (χ1n) is 6.63. The van der Waals surface area contributed by atoms with Crippen molar-refractivity contribution in [3.8, 4) is 11.5 Å². The van der Waals surface area contributed by atoms with Crippen LogP contribution in [0.1, 0.15) is 17.4 Å². The van der Waals surface area contributed by atoms with Gasteiger partial charge in [-0.15, -0.1) is 0 Å². The van der Waals surface area contributed by atoms with Crippen LogP contribution < -0.4 is 5.73 Å². The topological polar surface area (TPSA) is 68.2 Å². The van der Waals surface area contributed by atoms with Gasteiger partial charge in [0.25, 0.3) is 5.89 Å². The summed E-state index contributed by atoms with van der Waals surface area (Å²) < 4.78 is 5.44. The molecule has 2 aromatic rings. The zero-order valence-electron chi connectivity index (χ0n) is 11.7. The number of nitrogens with two attached hydrogens (primary N) is 1. The number of aromatic nitrogens is 2. The highest BCUT2D eigenvalue weighted by Gasteiger charge is 2.26. The lowest BCUT2D eigenvalue weighted by Crippen LogP contribution is -2.33. The van der Waals surface area contributed by atoms with Crippen LogP contribution in [0.3, 0.4) is 0 Å². The largest absolute Gasteiger partial charge is 0.399 e. The fourth-order valence-corrected chi connectivity index (χ4v) is 3.52. The predicted molar refractivity (Wildman–Crippen MR) is 81.6 cm³/mol. The smallest absolute Gasteiger partial charge is 0.258 e. The molecular formula is C14H18N4OS. The minimum atomic E-state index is 0.229. The molecule has 20 heavy (non-hydrogen) atoms. The summed E-state index contributed by atoms with van der Waals surface area (Å²) in [5.41, 5.74) is 8.54. The number of benzene rings is 1. The second-order valence-corrected chi connectivity index (χ2v) is 6.25. The summed E-state index contributed by atoms with van der Waals surface area (Å²) >= 11 is 1.93. The molecule has 0 amide bonds. The van der Waals surface area contributed by atoms with E-state index in [0.29, 0.717) is 11.6 Å². The van der Waals surface area contributed by atoms with Crippen molar-refractivity contribution in [1.29, 1.82) is 0 Å². The lowest BCUT2D eigenvalue weighted by Gasteiger charge is -2.29. The molecule has 106 valence electrons. The van der Waals surface area contributed by atoms with E-state index < -0.39 is 0 Å². The number of rotatable bonds is 2. The molecule has 0 bridgehead atoms. The summed E-state index contributed by atoms with van der Waals surface area (Å²) in [4.78, 5) is 6.84. The zero-order chi connectivity index (χ0) is 14.1. The molecule has 0 spiro atoms. The Bertz CT molecular complexity index is 613.